The van der Waals surface area contributed by atoms with Gasteiger partial charge in [-0.3, -0.25) is 9.69 Å². The lowest BCUT2D eigenvalue weighted by Crippen LogP contribution is -2.29. The van der Waals surface area contributed by atoms with Crippen LogP contribution in [0.5, 0.6) is 5.75 Å². The number of aliphatic carboxylic acids is 1. The van der Waals surface area contributed by atoms with Crippen LogP contribution in [-0.2, 0) is 4.79 Å². The molecule has 6 nitrogen and oxygen atoms in total. The highest BCUT2D eigenvalue weighted by Gasteiger charge is 2.26. The van der Waals surface area contributed by atoms with Gasteiger partial charge in [0.05, 0.1) is 13.0 Å². The average molecular weight is 264 g/mol. The largest absolute Gasteiger partial charge is 0.493 e. The molecular weight excluding hydrogens is 248 g/mol. The lowest BCUT2D eigenvalue weighted by Gasteiger charge is -2.17. The van der Waals surface area contributed by atoms with Gasteiger partial charge in [-0.25, -0.2) is 4.79 Å². The topological polar surface area (TPSA) is 70.1 Å². The second kappa shape index (κ2) is 5.60. The summed E-state index contributed by atoms with van der Waals surface area (Å²) in [6.45, 7) is 1.46. The van der Waals surface area contributed by atoms with Crippen LogP contribution in [0.1, 0.15) is 6.42 Å². The van der Waals surface area contributed by atoms with Gasteiger partial charge in [0.25, 0.3) is 0 Å². The van der Waals surface area contributed by atoms with Gasteiger partial charge in [-0.1, -0.05) is 6.07 Å². The first kappa shape index (κ1) is 13.2. The van der Waals surface area contributed by atoms with Gasteiger partial charge in [0.15, 0.2) is 0 Å². The molecule has 1 N–H and O–H groups in total. The van der Waals surface area contributed by atoms with Crippen LogP contribution < -0.4 is 9.64 Å². The van der Waals surface area contributed by atoms with E-state index in [0.29, 0.717) is 18.8 Å². The Morgan fingerprint density at radius 2 is 2.21 bits per heavy atom. The predicted molar refractivity (Wildman–Crippen MR) is 69.6 cm³/mol. The third-order valence-electron chi connectivity index (χ3n) is 2.93. The smallest absolute Gasteiger partial charge is 0.324 e. The molecule has 6 heteroatoms. The van der Waals surface area contributed by atoms with Crippen molar-refractivity contribution in [2.45, 2.75) is 6.42 Å². The molecule has 102 valence electrons. The molecular formula is C13H16N2O4. The van der Waals surface area contributed by atoms with Crippen molar-refractivity contribution >= 4 is 17.7 Å². The molecule has 0 bridgehead atoms. The molecule has 1 saturated heterocycles. The van der Waals surface area contributed by atoms with Crippen LogP contribution in [0.4, 0.5) is 10.5 Å². The Morgan fingerprint density at radius 3 is 2.84 bits per heavy atom. The second-order valence-corrected chi connectivity index (χ2v) is 4.35. The molecule has 1 aromatic carbocycles. The van der Waals surface area contributed by atoms with Gasteiger partial charge in [0, 0.05) is 31.9 Å². The summed E-state index contributed by atoms with van der Waals surface area (Å²) in [5.41, 5.74) is 0.766. The van der Waals surface area contributed by atoms with E-state index in [1.54, 1.807) is 35.0 Å². The number of benzene rings is 1. The Labute approximate surface area is 111 Å². The van der Waals surface area contributed by atoms with Crippen LogP contribution in [0.15, 0.2) is 24.3 Å². The van der Waals surface area contributed by atoms with Crippen LogP contribution in [0.25, 0.3) is 0 Å². The van der Waals surface area contributed by atoms with Crippen LogP contribution in [-0.4, -0.2) is 48.8 Å². The van der Waals surface area contributed by atoms with Crippen molar-refractivity contribution in [2.24, 2.45) is 0 Å². The molecule has 1 fully saturated rings. The highest BCUT2D eigenvalue weighted by atomic mass is 16.5. The minimum absolute atomic E-state index is 0.0392. The SMILES string of the molecule is CN1CCN(c2cccc(OCCC(=O)O)c2)C1=O. The van der Waals surface area contributed by atoms with Crippen molar-refractivity contribution in [1.82, 2.24) is 4.90 Å². The lowest BCUT2D eigenvalue weighted by atomic mass is 10.3. The van der Waals surface area contributed by atoms with Gasteiger partial charge in [0.1, 0.15) is 5.75 Å². The second-order valence-electron chi connectivity index (χ2n) is 4.35. The molecule has 0 spiro atoms. The molecule has 2 rings (SSSR count). The first-order valence-electron chi connectivity index (χ1n) is 6.05. The van der Waals surface area contributed by atoms with Gasteiger partial charge in [-0.05, 0) is 12.1 Å². The number of carbonyl (C=O) groups excluding carboxylic acids is 1. The van der Waals surface area contributed by atoms with Crippen molar-refractivity contribution in [3.8, 4) is 5.75 Å². The molecule has 0 atom stereocenters. The third-order valence-corrected chi connectivity index (χ3v) is 2.93. The van der Waals surface area contributed by atoms with E-state index in [4.69, 9.17) is 9.84 Å². The molecule has 19 heavy (non-hydrogen) atoms. The molecule has 1 aliphatic rings. The van der Waals surface area contributed by atoms with Crippen LogP contribution in [0, 0.1) is 0 Å². The average Bonchev–Trinajstić information content (AvgIpc) is 2.70. The summed E-state index contributed by atoms with van der Waals surface area (Å²) in [7, 11) is 1.76. The number of nitrogens with zero attached hydrogens (tertiary/aromatic N) is 2. The fourth-order valence-electron chi connectivity index (χ4n) is 1.88. The van der Waals surface area contributed by atoms with Gasteiger partial charge in [-0.2, -0.15) is 0 Å². The fraction of sp³-hybridized carbons (Fsp3) is 0.385. The molecule has 0 aromatic heterocycles. The summed E-state index contributed by atoms with van der Waals surface area (Å²) in [4.78, 5) is 25.6. The van der Waals surface area contributed by atoms with Crippen molar-refractivity contribution in [3.05, 3.63) is 24.3 Å². The molecule has 0 unspecified atom stereocenters. The molecule has 0 saturated carbocycles. The number of likely N-dealkylation sites (N-methyl/N-ethyl adjacent to an activating group) is 1. The summed E-state index contributed by atoms with van der Waals surface area (Å²) in [6, 6.07) is 7.08. The monoisotopic (exact) mass is 264 g/mol. The summed E-state index contributed by atoms with van der Waals surface area (Å²) in [5, 5.41) is 8.54. The van der Waals surface area contributed by atoms with Crippen molar-refractivity contribution in [3.63, 3.8) is 0 Å². The van der Waals surface area contributed by atoms with E-state index in [2.05, 4.69) is 0 Å². The van der Waals surface area contributed by atoms with Gasteiger partial charge >= 0.3 is 12.0 Å². The predicted octanol–water partition coefficient (Wildman–Crippen LogP) is 1.41. The van der Waals surface area contributed by atoms with Crippen LogP contribution >= 0.6 is 0 Å². The van der Waals surface area contributed by atoms with E-state index < -0.39 is 5.97 Å². The van der Waals surface area contributed by atoms with Gasteiger partial charge in [-0.15, -0.1) is 0 Å². The Bertz CT molecular complexity index is 489. The molecule has 0 radical (unpaired) electrons. The summed E-state index contributed by atoms with van der Waals surface area (Å²) in [5.74, 6) is -0.325. The standard InChI is InChI=1S/C13H16N2O4/c1-14-6-7-15(13(14)18)10-3-2-4-11(9-10)19-8-5-12(16)17/h2-4,9H,5-8H2,1H3,(H,16,17). The zero-order chi connectivity index (χ0) is 13.8. The number of carbonyl (C=O) groups is 2. The Kier molecular flexibility index (Phi) is 3.89. The van der Waals surface area contributed by atoms with Gasteiger partial charge in [0.2, 0.25) is 0 Å². The van der Waals surface area contributed by atoms with Crippen molar-refractivity contribution in [1.29, 1.82) is 0 Å². The zero-order valence-corrected chi connectivity index (χ0v) is 10.7. The fourth-order valence-corrected chi connectivity index (χ4v) is 1.88. The molecule has 1 heterocycles. The first-order valence-corrected chi connectivity index (χ1v) is 6.05. The highest BCUT2D eigenvalue weighted by molar-refractivity contribution is 5.94. The number of hydrogen-bond donors (Lipinski definition) is 1. The maximum atomic E-state index is 11.9. The number of carboxylic acids is 1. The quantitative estimate of drug-likeness (QED) is 0.873. The van der Waals surface area contributed by atoms with Crippen LogP contribution in [0.3, 0.4) is 0 Å². The van der Waals surface area contributed by atoms with Crippen molar-refractivity contribution < 1.29 is 19.4 Å². The minimum Gasteiger partial charge on any atom is -0.493 e. The molecule has 1 aliphatic heterocycles. The van der Waals surface area contributed by atoms with E-state index in [-0.39, 0.29) is 19.1 Å². The van der Waals surface area contributed by atoms with Gasteiger partial charge < -0.3 is 14.7 Å². The summed E-state index contributed by atoms with van der Waals surface area (Å²) in [6.07, 6.45) is -0.0460. The van der Waals surface area contributed by atoms with Crippen LogP contribution in [0.2, 0.25) is 0 Å². The van der Waals surface area contributed by atoms with E-state index in [1.807, 2.05) is 6.07 Å². The summed E-state index contributed by atoms with van der Waals surface area (Å²) < 4.78 is 5.35. The lowest BCUT2D eigenvalue weighted by molar-refractivity contribution is -0.137. The van der Waals surface area contributed by atoms with E-state index in [0.717, 1.165) is 5.69 Å². The highest BCUT2D eigenvalue weighted by Crippen LogP contribution is 2.24. The Morgan fingerprint density at radius 1 is 1.42 bits per heavy atom. The molecule has 2 amide bonds. The maximum Gasteiger partial charge on any atom is 0.324 e. The zero-order valence-electron chi connectivity index (χ0n) is 10.7. The Balaban J connectivity index is 2.03. The number of amides is 2. The van der Waals surface area contributed by atoms with Crippen molar-refractivity contribution in [2.75, 3.05) is 31.6 Å². The first-order chi connectivity index (χ1) is 9.08. The number of anilines is 1. The number of hydrogen-bond acceptors (Lipinski definition) is 3. The van der Waals surface area contributed by atoms with E-state index in [9.17, 15) is 9.59 Å². The third kappa shape index (κ3) is 3.15. The number of ether oxygens (including phenoxy) is 1. The minimum atomic E-state index is -0.896. The molecule has 1 aromatic rings. The number of carboxylic acid groups (broad SMARTS) is 1. The maximum absolute atomic E-state index is 11.9. The van der Waals surface area contributed by atoms with E-state index in [1.165, 1.54) is 0 Å². The van der Waals surface area contributed by atoms with E-state index >= 15 is 0 Å². The Hall–Kier alpha value is -2.24. The number of urea groups is 1. The normalized spacial score (nSPS) is 14.9. The number of rotatable bonds is 5. The summed E-state index contributed by atoms with van der Waals surface area (Å²) >= 11 is 0. The molecule has 0 aliphatic carbocycles.